The van der Waals surface area contributed by atoms with Gasteiger partial charge in [-0.15, -0.1) is 0 Å². The number of carbonyl (C=O) groups excluding carboxylic acids is 3. The van der Waals surface area contributed by atoms with E-state index in [0.29, 0.717) is 23.4 Å². The molecule has 1 atom stereocenters. The maximum Gasteiger partial charge on any atom is 0.242 e. The highest BCUT2D eigenvalue weighted by Gasteiger charge is 2.27. The molecule has 2 amide bonds. The van der Waals surface area contributed by atoms with E-state index in [-0.39, 0.29) is 29.4 Å². The fourth-order valence-corrected chi connectivity index (χ4v) is 5.11. The molecule has 3 N–H and O–H groups in total. The fourth-order valence-electron chi connectivity index (χ4n) is 3.87. The molecule has 0 aliphatic carbocycles. The number of aryl methyl sites for hydroxylation is 1. The highest BCUT2D eigenvalue weighted by atomic mass is 32.2. The molecular weight excluding hydrogens is 466 g/mol. The third-order valence-electron chi connectivity index (χ3n) is 5.72. The maximum absolute atomic E-state index is 13.3. The lowest BCUT2D eigenvalue weighted by Crippen LogP contribution is -2.45. The van der Waals surface area contributed by atoms with Gasteiger partial charge in [-0.25, -0.2) is 8.42 Å². The maximum atomic E-state index is 13.3. The van der Waals surface area contributed by atoms with Gasteiger partial charge in [0.05, 0.1) is 4.90 Å². The molecule has 4 rings (SSSR count). The molecule has 0 fully saturated rings. The van der Waals surface area contributed by atoms with Crippen LogP contribution in [-0.4, -0.2) is 32.1 Å². The highest BCUT2D eigenvalue weighted by molar-refractivity contribution is 7.89. The summed E-state index contributed by atoms with van der Waals surface area (Å²) in [4.78, 5) is 36.5. The molecule has 35 heavy (non-hydrogen) atoms. The van der Waals surface area contributed by atoms with Gasteiger partial charge in [0.1, 0.15) is 6.04 Å². The van der Waals surface area contributed by atoms with E-state index in [1.54, 1.807) is 30.3 Å². The first-order valence-electron chi connectivity index (χ1n) is 11.1. The number of hydrogen-bond donors (Lipinski definition) is 3. The minimum atomic E-state index is -4.06. The van der Waals surface area contributed by atoms with Gasteiger partial charge >= 0.3 is 0 Å². The van der Waals surface area contributed by atoms with Crippen LogP contribution >= 0.6 is 0 Å². The van der Waals surface area contributed by atoms with Crippen LogP contribution < -0.4 is 15.4 Å². The van der Waals surface area contributed by atoms with Crippen LogP contribution in [0.5, 0.6) is 0 Å². The molecule has 8 nitrogen and oxygen atoms in total. The van der Waals surface area contributed by atoms with E-state index in [9.17, 15) is 22.8 Å². The SMILES string of the molecule is CC(=O)c1cccc(NC(=O)[C@H](Cc2ccccc2)NS(=O)(=O)c2ccc3c(c2)CCC(=O)N3)c1. The number of benzene rings is 3. The predicted molar refractivity (Wildman–Crippen MR) is 133 cm³/mol. The standard InChI is InChI=1S/C26H25N3O5S/c1-17(30)19-8-5-9-21(15-19)27-26(32)24(14-18-6-3-2-4-7-18)29-35(33,34)22-11-12-23-20(16-22)10-13-25(31)28-23/h2-9,11-12,15-16,24,29H,10,13-14H2,1H3,(H,27,32)(H,28,31)/t24-/m0/s1. The average Bonchev–Trinajstić information content (AvgIpc) is 2.84. The number of Topliss-reactive ketones (excluding diaryl/α,β-unsaturated/α-hetero) is 1. The third kappa shape index (κ3) is 6.00. The van der Waals surface area contributed by atoms with Gasteiger partial charge in [-0.2, -0.15) is 4.72 Å². The van der Waals surface area contributed by atoms with Crippen molar-refractivity contribution in [3.05, 3.63) is 89.5 Å². The summed E-state index contributed by atoms with van der Waals surface area (Å²) in [6.45, 7) is 1.43. The van der Waals surface area contributed by atoms with E-state index >= 15 is 0 Å². The van der Waals surface area contributed by atoms with Crippen LogP contribution in [0, 0.1) is 0 Å². The minimum Gasteiger partial charge on any atom is -0.326 e. The van der Waals surface area contributed by atoms with Crippen molar-refractivity contribution >= 4 is 39.0 Å². The molecular formula is C26H25N3O5S. The second-order valence-electron chi connectivity index (χ2n) is 8.36. The molecule has 1 aliphatic heterocycles. The van der Waals surface area contributed by atoms with Crippen molar-refractivity contribution in [1.29, 1.82) is 0 Å². The lowest BCUT2D eigenvalue weighted by molar-refractivity contribution is -0.118. The number of ketones is 1. The smallest absolute Gasteiger partial charge is 0.242 e. The molecule has 180 valence electrons. The summed E-state index contributed by atoms with van der Waals surface area (Å²) in [5, 5.41) is 5.45. The molecule has 1 heterocycles. The van der Waals surface area contributed by atoms with E-state index in [1.165, 1.54) is 19.1 Å². The van der Waals surface area contributed by atoms with Crippen molar-refractivity contribution in [2.75, 3.05) is 10.6 Å². The van der Waals surface area contributed by atoms with Crippen molar-refractivity contribution in [3.63, 3.8) is 0 Å². The topological polar surface area (TPSA) is 121 Å². The zero-order valence-electron chi connectivity index (χ0n) is 19.1. The van der Waals surface area contributed by atoms with Gasteiger partial charge in [-0.3, -0.25) is 14.4 Å². The molecule has 0 spiro atoms. The quantitative estimate of drug-likeness (QED) is 0.418. The molecule has 0 bridgehead atoms. The number of carbonyl (C=O) groups is 3. The van der Waals surface area contributed by atoms with Gasteiger partial charge in [0.15, 0.2) is 5.78 Å². The molecule has 0 saturated heterocycles. The normalized spacial score (nSPS) is 13.9. The average molecular weight is 492 g/mol. The monoisotopic (exact) mass is 491 g/mol. The number of amides is 2. The number of fused-ring (bicyclic) bond motifs is 1. The van der Waals surface area contributed by atoms with Crippen molar-refractivity contribution < 1.29 is 22.8 Å². The Morgan fingerprint density at radius 1 is 0.971 bits per heavy atom. The third-order valence-corrected chi connectivity index (χ3v) is 7.19. The van der Waals surface area contributed by atoms with Gasteiger partial charge < -0.3 is 10.6 Å². The second kappa shape index (κ2) is 10.2. The predicted octanol–water partition coefficient (Wildman–Crippen LogP) is 3.30. The van der Waals surface area contributed by atoms with Crippen molar-refractivity contribution in [3.8, 4) is 0 Å². The van der Waals surface area contributed by atoms with E-state index in [2.05, 4.69) is 15.4 Å². The Hall–Kier alpha value is -3.82. The zero-order valence-corrected chi connectivity index (χ0v) is 19.9. The van der Waals surface area contributed by atoms with Gasteiger partial charge in [0.25, 0.3) is 0 Å². The van der Waals surface area contributed by atoms with E-state index < -0.39 is 22.0 Å². The van der Waals surface area contributed by atoms with Crippen LogP contribution in [0.4, 0.5) is 11.4 Å². The Bertz CT molecular complexity index is 1390. The number of sulfonamides is 1. The minimum absolute atomic E-state index is 0.0110. The zero-order chi connectivity index (χ0) is 25.0. The van der Waals surface area contributed by atoms with Crippen LogP contribution in [0.3, 0.4) is 0 Å². The molecule has 0 unspecified atom stereocenters. The molecule has 0 saturated carbocycles. The number of rotatable bonds is 8. The molecule has 0 radical (unpaired) electrons. The largest absolute Gasteiger partial charge is 0.326 e. The Morgan fingerprint density at radius 3 is 2.49 bits per heavy atom. The second-order valence-corrected chi connectivity index (χ2v) is 10.1. The summed E-state index contributed by atoms with van der Waals surface area (Å²) in [6.07, 6.45) is 0.840. The summed E-state index contributed by atoms with van der Waals surface area (Å²) < 4.78 is 29.1. The molecule has 0 aromatic heterocycles. The van der Waals surface area contributed by atoms with Gasteiger partial charge in [-0.05, 0) is 61.2 Å². The van der Waals surface area contributed by atoms with Gasteiger partial charge in [0, 0.05) is 23.4 Å². The summed E-state index contributed by atoms with van der Waals surface area (Å²) in [5.74, 6) is -0.811. The Kier molecular flexibility index (Phi) is 7.09. The highest BCUT2D eigenvalue weighted by Crippen LogP contribution is 2.26. The molecule has 3 aromatic carbocycles. The summed E-state index contributed by atoms with van der Waals surface area (Å²) in [7, 11) is -4.06. The first-order chi connectivity index (χ1) is 16.7. The first kappa shape index (κ1) is 24.3. The van der Waals surface area contributed by atoms with Crippen molar-refractivity contribution in [2.45, 2.75) is 37.1 Å². The van der Waals surface area contributed by atoms with Crippen LogP contribution in [0.15, 0.2) is 77.7 Å². The van der Waals surface area contributed by atoms with E-state index in [0.717, 1.165) is 11.1 Å². The van der Waals surface area contributed by atoms with Crippen LogP contribution in [0.1, 0.15) is 34.8 Å². The van der Waals surface area contributed by atoms with E-state index in [1.807, 2.05) is 30.3 Å². The lowest BCUT2D eigenvalue weighted by Gasteiger charge is -2.21. The fraction of sp³-hybridized carbons (Fsp3) is 0.192. The summed E-state index contributed by atoms with van der Waals surface area (Å²) in [5.41, 5.74) is 2.91. The van der Waals surface area contributed by atoms with Gasteiger partial charge in [-0.1, -0.05) is 42.5 Å². The summed E-state index contributed by atoms with van der Waals surface area (Å²) in [6, 6.07) is 18.9. The van der Waals surface area contributed by atoms with Gasteiger partial charge in [0.2, 0.25) is 21.8 Å². The van der Waals surface area contributed by atoms with Crippen LogP contribution in [-0.2, 0) is 32.5 Å². The van der Waals surface area contributed by atoms with Crippen molar-refractivity contribution in [2.24, 2.45) is 0 Å². The molecule has 3 aromatic rings. The number of hydrogen-bond acceptors (Lipinski definition) is 5. The molecule has 1 aliphatic rings. The van der Waals surface area contributed by atoms with Crippen molar-refractivity contribution in [1.82, 2.24) is 4.72 Å². The number of nitrogens with one attached hydrogen (secondary N) is 3. The number of anilines is 2. The van der Waals surface area contributed by atoms with Crippen LogP contribution in [0.25, 0.3) is 0 Å². The van der Waals surface area contributed by atoms with E-state index in [4.69, 9.17) is 0 Å². The summed E-state index contributed by atoms with van der Waals surface area (Å²) >= 11 is 0. The Labute approximate surface area is 203 Å². The molecule has 9 heteroatoms. The first-order valence-corrected chi connectivity index (χ1v) is 12.6. The van der Waals surface area contributed by atoms with Crippen LogP contribution in [0.2, 0.25) is 0 Å². The Balaban J connectivity index is 1.60. The Morgan fingerprint density at radius 2 is 1.74 bits per heavy atom. The lowest BCUT2D eigenvalue weighted by atomic mass is 10.0.